The molecule has 3 atom stereocenters. The van der Waals surface area contributed by atoms with E-state index in [2.05, 4.69) is 81.7 Å². The standard InChI is InChI=1S/C25H32N4O/c1-27-23-12-6-5-11-22(23)26-17-24(27)29-18-21(15-20-9-3-2-4-10-20)16-25(29,19-30)28-13-7-8-14-28/h2-6,9-12,19,21,24,26H,7-8,13-18H2,1H3. The Morgan fingerprint density at radius 2 is 1.80 bits per heavy atom. The number of nitrogens with one attached hydrogen (secondary N) is 1. The lowest BCUT2D eigenvalue weighted by Gasteiger charge is -2.49. The van der Waals surface area contributed by atoms with Crippen LogP contribution in [-0.2, 0) is 11.2 Å². The second kappa shape index (κ2) is 8.05. The number of anilines is 2. The number of nitrogens with zero attached hydrogens (tertiary/aromatic N) is 3. The van der Waals surface area contributed by atoms with Gasteiger partial charge in [-0.3, -0.25) is 14.6 Å². The lowest BCUT2D eigenvalue weighted by Crippen LogP contribution is -2.66. The first kappa shape index (κ1) is 19.6. The van der Waals surface area contributed by atoms with Gasteiger partial charge in [-0.05, 0) is 49.3 Å². The van der Waals surface area contributed by atoms with Crippen molar-refractivity contribution in [3.63, 3.8) is 0 Å². The molecule has 0 aromatic heterocycles. The van der Waals surface area contributed by atoms with Gasteiger partial charge >= 0.3 is 0 Å². The van der Waals surface area contributed by atoms with Crippen molar-refractivity contribution in [3.05, 3.63) is 60.2 Å². The highest BCUT2D eigenvalue weighted by molar-refractivity contribution is 5.73. The Kier molecular flexibility index (Phi) is 5.25. The highest BCUT2D eigenvalue weighted by Crippen LogP contribution is 2.42. The maximum atomic E-state index is 12.8. The molecule has 1 N–H and O–H groups in total. The topological polar surface area (TPSA) is 38.8 Å². The number of carbonyl (C=O) groups is 1. The summed E-state index contributed by atoms with van der Waals surface area (Å²) >= 11 is 0. The van der Waals surface area contributed by atoms with Gasteiger partial charge in [0.25, 0.3) is 0 Å². The molecular formula is C25H32N4O. The molecule has 158 valence electrons. The van der Waals surface area contributed by atoms with Gasteiger partial charge < -0.3 is 10.2 Å². The largest absolute Gasteiger partial charge is 0.380 e. The number of hydrogen-bond donors (Lipinski definition) is 1. The zero-order chi connectivity index (χ0) is 20.6. The molecule has 3 heterocycles. The Balaban J connectivity index is 1.46. The molecule has 2 saturated heterocycles. The summed E-state index contributed by atoms with van der Waals surface area (Å²) in [4.78, 5) is 20.1. The van der Waals surface area contributed by atoms with Crippen molar-refractivity contribution in [3.8, 4) is 0 Å². The number of likely N-dealkylation sites (N-methyl/N-ethyl adjacent to an activating group) is 1. The van der Waals surface area contributed by atoms with Gasteiger partial charge in [0, 0.05) is 33.2 Å². The van der Waals surface area contributed by atoms with E-state index in [1.54, 1.807) is 0 Å². The molecule has 30 heavy (non-hydrogen) atoms. The molecule has 0 amide bonds. The van der Waals surface area contributed by atoms with E-state index in [-0.39, 0.29) is 6.17 Å². The molecule has 0 spiro atoms. The summed E-state index contributed by atoms with van der Waals surface area (Å²) in [6, 6.07) is 19.2. The summed E-state index contributed by atoms with van der Waals surface area (Å²) in [5.41, 5.74) is 3.25. The van der Waals surface area contributed by atoms with Gasteiger partial charge in [0.05, 0.1) is 11.4 Å². The predicted octanol–water partition coefficient (Wildman–Crippen LogP) is 3.43. The van der Waals surface area contributed by atoms with Crippen LogP contribution in [0, 0.1) is 5.92 Å². The molecule has 0 saturated carbocycles. The van der Waals surface area contributed by atoms with Gasteiger partial charge in [-0.2, -0.15) is 0 Å². The monoisotopic (exact) mass is 404 g/mol. The molecule has 2 fully saturated rings. The first-order valence-electron chi connectivity index (χ1n) is 11.3. The molecule has 0 aliphatic carbocycles. The average Bonchev–Trinajstić information content (AvgIpc) is 3.44. The van der Waals surface area contributed by atoms with Crippen LogP contribution in [0.1, 0.15) is 24.8 Å². The summed E-state index contributed by atoms with van der Waals surface area (Å²) in [5, 5.41) is 3.62. The summed E-state index contributed by atoms with van der Waals surface area (Å²) in [5.74, 6) is 0.476. The van der Waals surface area contributed by atoms with Crippen LogP contribution in [0.15, 0.2) is 54.6 Å². The molecule has 5 rings (SSSR count). The number of fused-ring (bicyclic) bond motifs is 1. The van der Waals surface area contributed by atoms with E-state index in [0.717, 1.165) is 39.0 Å². The van der Waals surface area contributed by atoms with Gasteiger partial charge in [-0.15, -0.1) is 0 Å². The van der Waals surface area contributed by atoms with Crippen LogP contribution in [0.2, 0.25) is 0 Å². The van der Waals surface area contributed by atoms with Crippen LogP contribution < -0.4 is 10.2 Å². The molecular weight excluding hydrogens is 372 g/mol. The van der Waals surface area contributed by atoms with Crippen LogP contribution in [0.5, 0.6) is 0 Å². The molecule has 3 aliphatic rings. The minimum atomic E-state index is -0.497. The first-order chi connectivity index (χ1) is 14.7. The van der Waals surface area contributed by atoms with Crippen molar-refractivity contribution in [1.29, 1.82) is 0 Å². The fraction of sp³-hybridized carbons (Fsp3) is 0.480. The molecule has 0 bridgehead atoms. The average molecular weight is 405 g/mol. The summed E-state index contributed by atoms with van der Waals surface area (Å²) in [7, 11) is 2.18. The highest BCUT2D eigenvalue weighted by Gasteiger charge is 2.53. The second-order valence-electron chi connectivity index (χ2n) is 9.09. The third-order valence-electron chi connectivity index (χ3n) is 7.32. The zero-order valence-corrected chi connectivity index (χ0v) is 17.8. The Bertz CT molecular complexity index is 882. The smallest absolute Gasteiger partial charge is 0.155 e. The lowest BCUT2D eigenvalue weighted by molar-refractivity contribution is -0.130. The van der Waals surface area contributed by atoms with Crippen LogP contribution >= 0.6 is 0 Å². The van der Waals surface area contributed by atoms with E-state index in [9.17, 15) is 4.79 Å². The first-order valence-corrected chi connectivity index (χ1v) is 11.3. The van der Waals surface area contributed by atoms with Gasteiger partial charge in [0.2, 0.25) is 0 Å². The summed E-state index contributed by atoms with van der Waals surface area (Å²) < 4.78 is 0. The fourth-order valence-electron chi connectivity index (χ4n) is 5.86. The van der Waals surface area contributed by atoms with Gasteiger partial charge in [0.1, 0.15) is 11.8 Å². The van der Waals surface area contributed by atoms with Crippen molar-refractivity contribution < 1.29 is 4.79 Å². The Labute approximate surface area is 179 Å². The fourth-order valence-corrected chi connectivity index (χ4v) is 5.86. The number of carbonyl (C=O) groups excluding carboxylic acids is 1. The molecule has 3 aliphatic heterocycles. The van der Waals surface area contributed by atoms with Crippen molar-refractivity contribution in [1.82, 2.24) is 9.80 Å². The molecule has 2 aromatic carbocycles. The van der Waals surface area contributed by atoms with E-state index in [1.807, 2.05) is 0 Å². The van der Waals surface area contributed by atoms with E-state index in [0.29, 0.717) is 5.92 Å². The Morgan fingerprint density at radius 1 is 1.07 bits per heavy atom. The Morgan fingerprint density at radius 3 is 2.57 bits per heavy atom. The number of aldehydes is 1. The van der Waals surface area contributed by atoms with Crippen molar-refractivity contribution in [2.75, 3.05) is 43.4 Å². The zero-order valence-electron chi connectivity index (χ0n) is 17.8. The molecule has 0 radical (unpaired) electrons. The van der Waals surface area contributed by atoms with Gasteiger partial charge in [-0.25, -0.2) is 0 Å². The van der Waals surface area contributed by atoms with E-state index >= 15 is 0 Å². The Hall–Kier alpha value is -2.37. The maximum absolute atomic E-state index is 12.8. The number of rotatable bonds is 5. The van der Waals surface area contributed by atoms with Gasteiger partial charge in [-0.1, -0.05) is 42.5 Å². The van der Waals surface area contributed by atoms with E-state index in [1.165, 1.54) is 36.1 Å². The SMILES string of the molecule is CN1c2ccccc2NCC1N1CC(Cc2ccccc2)CC1(C=O)N1CCCC1. The highest BCUT2D eigenvalue weighted by atomic mass is 16.1. The molecule has 2 aromatic rings. The normalized spacial score (nSPS) is 29.6. The quantitative estimate of drug-likeness (QED) is 0.773. The number of hydrogen-bond acceptors (Lipinski definition) is 5. The lowest BCUT2D eigenvalue weighted by atomic mass is 9.94. The number of likely N-dealkylation sites (tertiary alicyclic amines) is 2. The van der Waals surface area contributed by atoms with Crippen LogP contribution in [-0.4, -0.2) is 61.1 Å². The molecule has 3 unspecified atom stereocenters. The van der Waals surface area contributed by atoms with Crippen molar-refractivity contribution in [2.45, 2.75) is 37.5 Å². The predicted molar refractivity (Wildman–Crippen MR) is 122 cm³/mol. The van der Waals surface area contributed by atoms with Crippen LogP contribution in [0.3, 0.4) is 0 Å². The van der Waals surface area contributed by atoms with Crippen molar-refractivity contribution >= 4 is 17.7 Å². The van der Waals surface area contributed by atoms with Crippen LogP contribution in [0.25, 0.3) is 0 Å². The number of para-hydroxylation sites is 2. The third kappa shape index (κ3) is 3.30. The van der Waals surface area contributed by atoms with Gasteiger partial charge in [0.15, 0.2) is 6.29 Å². The summed E-state index contributed by atoms with van der Waals surface area (Å²) in [6.45, 7) is 3.82. The van der Waals surface area contributed by atoms with E-state index < -0.39 is 5.66 Å². The summed E-state index contributed by atoms with van der Waals surface area (Å²) in [6.07, 6.45) is 5.74. The minimum Gasteiger partial charge on any atom is -0.380 e. The van der Waals surface area contributed by atoms with Crippen molar-refractivity contribution in [2.24, 2.45) is 5.92 Å². The molecule has 5 heteroatoms. The number of benzene rings is 2. The second-order valence-corrected chi connectivity index (χ2v) is 9.09. The minimum absolute atomic E-state index is 0.159. The maximum Gasteiger partial charge on any atom is 0.155 e. The van der Waals surface area contributed by atoms with E-state index in [4.69, 9.17) is 0 Å². The molecule has 5 nitrogen and oxygen atoms in total. The third-order valence-corrected chi connectivity index (χ3v) is 7.32. The van der Waals surface area contributed by atoms with Crippen LogP contribution in [0.4, 0.5) is 11.4 Å².